The van der Waals surface area contributed by atoms with Crippen molar-refractivity contribution in [2.24, 2.45) is 0 Å². The first-order valence-corrected chi connectivity index (χ1v) is 32.5. The Labute approximate surface area is 448 Å². The summed E-state index contributed by atoms with van der Waals surface area (Å²) in [6.07, 6.45) is 72.2. The number of carbonyl (C=O) groups excluding carboxylic acids is 1. The highest BCUT2D eigenvalue weighted by Gasteiger charge is 2.23. The van der Waals surface area contributed by atoms with Gasteiger partial charge in [-0.3, -0.25) is 9.36 Å². The number of allylic oxidation sites excluding steroid dienone is 7. The Morgan fingerprint density at radius 2 is 0.819 bits per heavy atom. The molecule has 0 fully saturated rings. The quantitative estimate of drug-likeness (QED) is 0.0272. The van der Waals surface area contributed by atoms with Crippen LogP contribution in [-0.4, -0.2) is 68.5 Å². The Balaban J connectivity index is 4.14. The lowest BCUT2D eigenvalue weighted by Gasteiger charge is -2.29. The first kappa shape index (κ1) is 70.5. The van der Waals surface area contributed by atoms with E-state index in [9.17, 15) is 19.4 Å². The van der Waals surface area contributed by atoms with E-state index in [1.54, 1.807) is 6.08 Å². The van der Waals surface area contributed by atoms with Gasteiger partial charge >= 0.3 is 0 Å². The van der Waals surface area contributed by atoms with Crippen LogP contribution in [0.25, 0.3) is 0 Å². The summed E-state index contributed by atoms with van der Waals surface area (Å²) in [5.74, 6) is -0.213. The van der Waals surface area contributed by atoms with E-state index in [2.05, 4.69) is 55.6 Å². The Morgan fingerprint density at radius 3 is 1.22 bits per heavy atom. The number of phosphoric acid groups is 1. The normalized spacial score (nSPS) is 14.2. The van der Waals surface area contributed by atoms with E-state index in [-0.39, 0.29) is 12.5 Å². The van der Waals surface area contributed by atoms with Crippen LogP contribution < -0.4 is 10.2 Å². The van der Waals surface area contributed by atoms with Crippen LogP contribution >= 0.6 is 7.82 Å². The fraction of sp³-hybridized carbons (Fsp3) is 0.857. The molecule has 0 rings (SSSR count). The van der Waals surface area contributed by atoms with Crippen LogP contribution in [0.3, 0.4) is 0 Å². The number of phosphoric ester groups is 1. The van der Waals surface area contributed by atoms with Crippen molar-refractivity contribution in [3.8, 4) is 0 Å². The summed E-state index contributed by atoms with van der Waals surface area (Å²) >= 11 is 0. The first-order valence-electron chi connectivity index (χ1n) is 31.0. The van der Waals surface area contributed by atoms with E-state index < -0.39 is 26.6 Å². The van der Waals surface area contributed by atoms with E-state index in [1.807, 2.05) is 27.2 Å². The fourth-order valence-electron chi connectivity index (χ4n) is 9.14. The smallest absolute Gasteiger partial charge is 0.268 e. The molecule has 0 aromatic heterocycles. The molecule has 0 spiro atoms. The summed E-state index contributed by atoms with van der Waals surface area (Å²) in [6.45, 7) is 4.63. The lowest BCUT2D eigenvalue weighted by Crippen LogP contribution is -2.45. The SMILES string of the molecule is CCCCCC/C=C\C/C=C\CCCCCCCCCC(=O)NC(COP(=O)([O-])OCC[N+](C)(C)C)C(O)/C=C/CC/C=C/CCCCCCCCCCCCCCCCCCCCCCCCCCCC. The predicted molar refractivity (Wildman–Crippen MR) is 311 cm³/mol. The lowest BCUT2D eigenvalue weighted by atomic mass is 10.0. The summed E-state index contributed by atoms with van der Waals surface area (Å²) in [7, 11) is 1.24. The second kappa shape index (κ2) is 54.3. The first-order chi connectivity index (χ1) is 35.0. The highest BCUT2D eigenvalue weighted by atomic mass is 31.2. The summed E-state index contributed by atoms with van der Waals surface area (Å²) in [4.78, 5) is 25.5. The van der Waals surface area contributed by atoms with Gasteiger partial charge in [0.25, 0.3) is 7.82 Å². The van der Waals surface area contributed by atoms with Crippen molar-refractivity contribution in [1.29, 1.82) is 0 Å². The number of aliphatic hydroxyl groups excluding tert-OH is 1. The molecule has 0 aliphatic carbocycles. The number of likely N-dealkylation sites (N-methyl/N-ethyl adjacent to an activating group) is 1. The average molecular weight is 1030 g/mol. The van der Waals surface area contributed by atoms with Gasteiger partial charge in [-0.1, -0.05) is 274 Å². The largest absolute Gasteiger partial charge is 0.756 e. The van der Waals surface area contributed by atoms with Gasteiger partial charge in [0.1, 0.15) is 13.2 Å². The Bertz CT molecular complexity index is 1310. The third-order valence-corrected chi connectivity index (χ3v) is 15.0. The van der Waals surface area contributed by atoms with Gasteiger partial charge in [-0.05, 0) is 64.2 Å². The maximum atomic E-state index is 13.0. The van der Waals surface area contributed by atoms with E-state index >= 15 is 0 Å². The highest BCUT2D eigenvalue weighted by Crippen LogP contribution is 2.38. The number of amides is 1. The van der Waals surface area contributed by atoms with Crippen molar-refractivity contribution in [2.75, 3.05) is 40.9 Å². The Hall–Kier alpha value is -1.54. The van der Waals surface area contributed by atoms with E-state index in [0.29, 0.717) is 17.4 Å². The van der Waals surface area contributed by atoms with Crippen molar-refractivity contribution in [1.82, 2.24) is 5.32 Å². The maximum Gasteiger partial charge on any atom is 0.268 e. The van der Waals surface area contributed by atoms with Crippen molar-refractivity contribution >= 4 is 13.7 Å². The standard InChI is InChI=1S/C63H121N2O6P/c1-6-8-10-12-14-16-18-20-22-24-26-27-28-29-30-31-32-33-34-35-36-37-38-39-40-42-44-46-48-50-52-54-56-62(66)61(60-71-72(68,69)70-59-58-65(3,4)5)64-63(67)57-55-53-51-49-47-45-43-41-25-23-21-19-17-15-13-11-9-7-2/h17,19,23,25,46,48,54,56,61-62,66H,6-16,18,20-22,24,26-45,47,49-53,55,57-60H2,1-5H3,(H-,64,67,68,69)/b19-17-,25-23-,48-46+,56-54+. The molecule has 0 aromatic carbocycles. The van der Waals surface area contributed by atoms with Gasteiger partial charge in [0.05, 0.1) is 39.9 Å². The molecule has 3 unspecified atom stereocenters. The zero-order chi connectivity index (χ0) is 52.7. The van der Waals surface area contributed by atoms with Crippen LogP contribution in [0.1, 0.15) is 296 Å². The van der Waals surface area contributed by atoms with Crippen LogP contribution in [0.15, 0.2) is 48.6 Å². The zero-order valence-electron chi connectivity index (χ0n) is 48.4. The average Bonchev–Trinajstić information content (AvgIpc) is 3.34. The number of carbonyl (C=O) groups is 1. The molecule has 2 N–H and O–H groups in total. The fourth-order valence-corrected chi connectivity index (χ4v) is 9.87. The van der Waals surface area contributed by atoms with Crippen LogP contribution in [0.4, 0.5) is 0 Å². The number of quaternary nitrogens is 1. The number of nitrogens with zero attached hydrogens (tertiary/aromatic N) is 1. The van der Waals surface area contributed by atoms with Crippen molar-refractivity contribution in [3.63, 3.8) is 0 Å². The van der Waals surface area contributed by atoms with Crippen molar-refractivity contribution < 1.29 is 32.9 Å². The van der Waals surface area contributed by atoms with Crippen LogP contribution in [0, 0.1) is 0 Å². The molecule has 424 valence electrons. The highest BCUT2D eigenvalue weighted by molar-refractivity contribution is 7.45. The lowest BCUT2D eigenvalue weighted by molar-refractivity contribution is -0.870. The van der Waals surface area contributed by atoms with Gasteiger partial charge in [-0.25, -0.2) is 0 Å². The molecule has 0 heterocycles. The molecule has 0 aliphatic rings. The molecule has 0 saturated carbocycles. The topological polar surface area (TPSA) is 108 Å². The third-order valence-electron chi connectivity index (χ3n) is 14.0. The Kier molecular flexibility index (Phi) is 53.1. The zero-order valence-corrected chi connectivity index (χ0v) is 49.3. The number of unbranched alkanes of at least 4 members (excludes halogenated alkanes) is 38. The molecule has 8 nitrogen and oxygen atoms in total. The number of hydrogen-bond acceptors (Lipinski definition) is 6. The summed E-state index contributed by atoms with van der Waals surface area (Å²) in [5, 5.41) is 13.9. The minimum atomic E-state index is -4.61. The van der Waals surface area contributed by atoms with Gasteiger partial charge in [0.15, 0.2) is 0 Å². The summed E-state index contributed by atoms with van der Waals surface area (Å²) in [5.41, 5.74) is 0. The minimum absolute atomic E-state index is 0.00873. The minimum Gasteiger partial charge on any atom is -0.756 e. The number of nitrogens with one attached hydrogen (secondary N) is 1. The molecule has 0 aliphatic heterocycles. The maximum absolute atomic E-state index is 13.0. The molecule has 0 aromatic rings. The molecule has 0 radical (unpaired) electrons. The number of hydrogen-bond donors (Lipinski definition) is 2. The van der Waals surface area contributed by atoms with E-state index in [4.69, 9.17) is 9.05 Å². The third kappa shape index (κ3) is 56.2. The Morgan fingerprint density at radius 1 is 0.486 bits per heavy atom. The van der Waals surface area contributed by atoms with Crippen LogP contribution in [-0.2, 0) is 18.4 Å². The summed E-state index contributed by atoms with van der Waals surface area (Å²) in [6, 6.07) is -0.910. The molecular weight excluding hydrogens is 912 g/mol. The van der Waals surface area contributed by atoms with Crippen LogP contribution in [0.5, 0.6) is 0 Å². The predicted octanol–water partition coefficient (Wildman–Crippen LogP) is 18.5. The van der Waals surface area contributed by atoms with Crippen molar-refractivity contribution in [3.05, 3.63) is 48.6 Å². The van der Waals surface area contributed by atoms with Crippen molar-refractivity contribution in [2.45, 2.75) is 309 Å². The molecule has 0 bridgehead atoms. The molecule has 72 heavy (non-hydrogen) atoms. The molecule has 9 heteroatoms. The van der Waals surface area contributed by atoms with E-state index in [1.165, 1.54) is 218 Å². The second-order valence-corrected chi connectivity index (χ2v) is 23.8. The van der Waals surface area contributed by atoms with Gasteiger partial charge in [0.2, 0.25) is 5.91 Å². The van der Waals surface area contributed by atoms with Gasteiger partial charge in [-0.2, -0.15) is 0 Å². The van der Waals surface area contributed by atoms with Gasteiger partial charge in [0, 0.05) is 6.42 Å². The number of rotatable bonds is 57. The molecule has 1 amide bonds. The molecule has 0 saturated heterocycles. The summed E-state index contributed by atoms with van der Waals surface area (Å²) < 4.78 is 23.3. The van der Waals surface area contributed by atoms with Crippen LogP contribution in [0.2, 0.25) is 0 Å². The van der Waals surface area contributed by atoms with E-state index in [0.717, 1.165) is 57.8 Å². The number of aliphatic hydroxyl groups is 1. The second-order valence-electron chi connectivity index (χ2n) is 22.4. The monoisotopic (exact) mass is 1030 g/mol. The molecular formula is C63H121N2O6P. The van der Waals surface area contributed by atoms with Gasteiger partial charge < -0.3 is 28.8 Å². The van der Waals surface area contributed by atoms with Gasteiger partial charge in [-0.15, -0.1) is 0 Å². The molecule has 3 atom stereocenters.